The minimum atomic E-state index is 0.684. The summed E-state index contributed by atoms with van der Waals surface area (Å²) in [4.78, 5) is 0. The lowest BCUT2D eigenvalue weighted by atomic mass is 10.1. The molecule has 112 valence electrons. The van der Waals surface area contributed by atoms with Crippen molar-refractivity contribution in [1.82, 2.24) is 15.1 Å². The smallest absolute Gasteiger partial charge is 0.161 e. The third kappa shape index (κ3) is 3.03. The first kappa shape index (κ1) is 13.9. The van der Waals surface area contributed by atoms with E-state index < -0.39 is 0 Å². The molecule has 1 saturated carbocycles. The van der Waals surface area contributed by atoms with Crippen LogP contribution in [-0.2, 0) is 13.6 Å². The molecule has 0 saturated heterocycles. The summed E-state index contributed by atoms with van der Waals surface area (Å²) in [5, 5.41) is 8.13. The molecule has 5 nitrogen and oxygen atoms in total. The van der Waals surface area contributed by atoms with Crippen LogP contribution in [0.5, 0.6) is 11.5 Å². The lowest BCUT2D eigenvalue weighted by Gasteiger charge is -2.09. The Bertz CT molecular complexity index is 632. The van der Waals surface area contributed by atoms with Crippen LogP contribution in [-0.4, -0.2) is 30.0 Å². The summed E-state index contributed by atoms with van der Waals surface area (Å²) < 4.78 is 12.5. The van der Waals surface area contributed by atoms with Gasteiger partial charge in [-0.3, -0.25) is 4.68 Å². The number of nitrogens with zero attached hydrogens (tertiary/aromatic N) is 2. The molecule has 0 amide bonds. The van der Waals surface area contributed by atoms with E-state index in [2.05, 4.69) is 16.6 Å². The van der Waals surface area contributed by atoms with Gasteiger partial charge in [-0.1, -0.05) is 0 Å². The first-order chi connectivity index (χ1) is 10.2. The van der Waals surface area contributed by atoms with Gasteiger partial charge in [0.25, 0.3) is 0 Å². The number of aromatic nitrogens is 2. The minimum Gasteiger partial charge on any atom is -0.493 e. The van der Waals surface area contributed by atoms with Crippen molar-refractivity contribution in [3.63, 3.8) is 0 Å². The maximum atomic E-state index is 5.38. The molecule has 1 fully saturated rings. The van der Waals surface area contributed by atoms with E-state index in [1.807, 2.05) is 29.9 Å². The summed E-state index contributed by atoms with van der Waals surface area (Å²) >= 11 is 0. The standard InChI is InChI=1S/C16H21N3O2/c1-19-10-12(9-17-13-5-6-13)16(18-19)11-4-7-14(20-2)15(8-11)21-3/h4,7-8,10,13,17H,5-6,9H2,1-3H3. The molecule has 21 heavy (non-hydrogen) atoms. The lowest BCUT2D eigenvalue weighted by molar-refractivity contribution is 0.355. The fourth-order valence-electron chi connectivity index (χ4n) is 2.44. The van der Waals surface area contributed by atoms with Crippen molar-refractivity contribution in [1.29, 1.82) is 0 Å². The average Bonchev–Trinajstić information content (AvgIpc) is 3.26. The van der Waals surface area contributed by atoms with Gasteiger partial charge in [0.15, 0.2) is 11.5 Å². The first-order valence-electron chi connectivity index (χ1n) is 7.19. The van der Waals surface area contributed by atoms with E-state index in [4.69, 9.17) is 9.47 Å². The summed E-state index contributed by atoms with van der Waals surface area (Å²) in [6.45, 7) is 0.849. The molecule has 0 bridgehead atoms. The molecule has 0 spiro atoms. The highest BCUT2D eigenvalue weighted by atomic mass is 16.5. The van der Waals surface area contributed by atoms with Crippen LogP contribution in [0.3, 0.4) is 0 Å². The van der Waals surface area contributed by atoms with Crippen LogP contribution in [0.2, 0.25) is 0 Å². The van der Waals surface area contributed by atoms with Gasteiger partial charge in [0.05, 0.1) is 19.9 Å². The zero-order valence-corrected chi connectivity index (χ0v) is 12.7. The molecule has 1 heterocycles. The molecule has 1 aliphatic rings. The number of rotatable bonds is 6. The van der Waals surface area contributed by atoms with Gasteiger partial charge in [-0.05, 0) is 31.0 Å². The number of benzene rings is 1. The van der Waals surface area contributed by atoms with E-state index >= 15 is 0 Å². The van der Waals surface area contributed by atoms with Crippen LogP contribution in [0.25, 0.3) is 11.3 Å². The van der Waals surface area contributed by atoms with Crippen molar-refractivity contribution in [2.45, 2.75) is 25.4 Å². The van der Waals surface area contributed by atoms with E-state index in [-0.39, 0.29) is 0 Å². The van der Waals surface area contributed by atoms with Crippen molar-refractivity contribution in [3.8, 4) is 22.8 Å². The topological polar surface area (TPSA) is 48.3 Å². The first-order valence-corrected chi connectivity index (χ1v) is 7.19. The molecule has 1 aromatic heterocycles. The summed E-state index contributed by atoms with van der Waals surface area (Å²) in [5.41, 5.74) is 3.24. The Morgan fingerprint density at radius 3 is 2.67 bits per heavy atom. The van der Waals surface area contributed by atoms with Crippen molar-refractivity contribution < 1.29 is 9.47 Å². The van der Waals surface area contributed by atoms with Crippen molar-refractivity contribution >= 4 is 0 Å². The summed E-state index contributed by atoms with van der Waals surface area (Å²) in [6.07, 6.45) is 4.64. The Balaban J connectivity index is 1.91. The quantitative estimate of drug-likeness (QED) is 0.886. The summed E-state index contributed by atoms with van der Waals surface area (Å²) in [6, 6.07) is 6.59. The molecule has 0 unspecified atom stereocenters. The van der Waals surface area contributed by atoms with E-state index in [9.17, 15) is 0 Å². The largest absolute Gasteiger partial charge is 0.493 e. The zero-order valence-electron chi connectivity index (χ0n) is 12.7. The molecule has 1 N–H and O–H groups in total. The van der Waals surface area contributed by atoms with Crippen LogP contribution in [0.1, 0.15) is 18.4 Å². The second kappa shape index (κ2) is 5.77. The van der Waals surface area contributed by atoms with Crippen LogP contribution >= 0.6 is 0 Å². The highest BCUT2D eigenvalue weighted by Gasteiger charge is 2.21. The molecule has 5 heteroatoms. The predicted octanol–water partition coefficient (Wildman–Crippen LogP) is 2.36. The maximum absolute atomic E-state index is 5.38. The van der Waals surface area contributed by atoms with E-state index in [1.165, 1.54) is 18.4 Å². The number of methoxy groups -OCH3 is 2. The average molecular weight is 287 g/mol. The second-order valence-electron chi connectivity index (χ2n) is 5.40. The fraction of sp³-hybridized carbons (Fsp3) is 0.438. The minimum absolute atomic E-state index is 0.684. The third-order valence-electron chi connectivity index (χ3n) is 3.72. The van der Waals surface area contributed by atoms with Crippen LogP contribution in [0, 0.1) is 0 Å². The Labute approximate surface area is 124 Å². The monoisotopic (exact) mass is 287 g/mol. The summed E-state index contributed by atoms with van der Waals surface area (Å²) in [7, 11) is 5.24. The van der Waals surface area contributed by atoms with Crippen LogP contribution in [0.4, 0.5) is 0 Å². The molecule has 1 aliphatic carbocycles. The highest BCUT2D eigenvalue weighted by molar-refractivity contribution is 5.66. The van der Waals surface area contributed by atoms with E-state index in [1.54, 1.807) is 14.2 Å². The number of aryl methyl sites for hydroxylation is 1. The normalized spacial score (nSPS) is 14.2. The Hall–Kier alpha value is -2.01. The van der Waals surface area contributed by atoms with Gasteiger partial charge in [0.2, 0.25) is 0 Å². The van der Waals surface area contributed by atoms with Gasteiger partial charge in [-0.2, -0.15) is 5.10 Å². The second-order valence-corrected chi connectivity index (χ2v) is 5.40. The van der Waals surface area contributed by atoms with E-state index in [0.717, 1.165) is 29.3 Å². The van der Waals surface area contributed by atoms with Gasteiger partial charge in [-0.25, -0.2) is 0 Å². The Morgan fingerprint density at radius 1 is 1.24 bits per heavy atom. The van der Waals surface area contributed by atoms with Gasteiger partial charge >= 0.3 is 0 Å². The van der Waals surface area contributed by atoms with Crippen molar-refractivity contribution in [3.05, 3.63) is 30.0 Å². The number of nitrogens with one attached hydrogen (secondary N) is 1. The molecule has 1 aromatic carbocycles. The van der Waals surface area contributed by atoms with E-state index in [0.29, 0.717) is 6.04 Å². The number of hydrogen-bond donors (Lipinski definition) is 1. The Morgan fingerprint density at radius 2 is 2.00 bits per heavy atom. The van der Waals surface area contributed by atoms with Gasteiger partial charge < -0.3 is 14.8 Å². The van der Waals surface area contributed by atoms with Crippen molar-refractivity contribution in [2.24, 2.45) is 7.05 Å². The molecule has 2 aromatic rings. The SMILES string of the molecule is COc1ccc(-c2nn(C)cc2CNC2CC2)cc1OC. The van der Waals surface area contributed by atoms with Crippen LogP contribution < -0.4 is 14.8 Å². The molecule has 0 aliphatic heterocycles. The molecule has 3 rings (SSSR count). The van der Waals surface area contributed by atoms with Gasteiger partial charge in [0, 0.05) is 37.0 Å². The van der Waals surface area contributed by atoms with Crippen LogP contribution in [0.15, 0.2) is 24.4 Å². The molecular formula is C16H21N3O2. The van der Waals surface area contributed by atoms with Gasteiger partial charge in [-0.15, -0.1) is 0 Å². The predicted molar refractivity (Wildman–Crippen MR) is 81.6 cm³/mol. The van der Waals surface area contributed by atoms with Gasteiger partial charge in [0.1, 0.15) is 0 Å². The number of ether oxygens (including phenoxy) is 2. The zero-order chi connectivity index (χ0) is 14.8. The molecular weight excluding hydrogens is 266 g/mol. The maximum Gasteiger partial charge on any atom is 0.161 e. The number of hydrogen-bond acceptors (Lipinski definition) is 4. The lowest BCUT2D eigenvalue weighted by Crippen LogP contribution is -2.15. The van der Waals surface area contributed by atoms with Crippen molar-refractivity contribution in [2.75, 3.05) is 14.2 Å². The third-order valence-corrected chi connectivity index (χ3v) is 3.72. The summed E-state index contributed by atoms with van der Waals surface area (Å²) in [5.74, 6) is 1.46. The molecule has 0 atom stereocenters. The highest BCUT2D eigenvalue weighted by Crippen LogP contribution is 2.33. The fourth-order valence-corrected chi connectivity index (χ4v) is 2.44. The molecule has 0 radical (unpaired) electrons. The Kier molecular flexibility index (Phi) is 3.84.